The van der Waals surface area contributed by atoms with Crippen LogP contribution in [0.15, 0.2) is 66.7 Å². The van der Waals surface area contributed by atoms with Gasteiger partial charge in [-0.15, -0.1) is 0 Å². The van der Waals surface area contributed by atoms with E-state index in [4.69, 9.17) is 11.6 Å². The maximum Gasteiger partial charge on any atom is 0.263 e. The van der Waals surface area contributed by atoms with Gasteiger partial charge in [0.05, 0.1) is 11.7 Å². The molecule has 29 heavy (non-hydrogen) atoms. The van der Waals surface area contributed by atoms with Crippen molar-refractivity contribution in [1.29, 1.82) is 0 Å². The van der Waals surface area contributed by atoms with Gasteiger partial charge in [0.15, 0.2) is 5.13 Å². The Labute approximate surface area is 178 Å². The van der Waals surface area contributed by atoms with E-state index in [-0.39, 0.29) is 11.9 Å². The number of benzene rings is 3. The van der Waals surface area contributed by atoms with Crippen LogP contribution in [0.4, 0.5) is 10.8 Å². The van der Waals surface area contributed by atoms with E-state index >= 15 is 0 Å². The van der Waals surface area contributed by atoms with Gasteiger partial charge in [-0.05, 0) is 60.5 Å². The van der Waals surface area contributed by atoms with E-state index in [2.05, 4.69) is 45.9 Å². The number of thiazole rings is 1. The molecule has 2 N–H and O–H groups in total. The highest BCUT2D eigenvalue weighted by atomic mass is 35.5. The third-order valence-corrected chi connectivity index (χ3v) is 6.04. The minimum Gasteiger partial charge on any atom is -0.345 e. The van der Waals surface area contributed by atoms with Gasteiger partial charge in [0.1, 0.15) is 4.88 Å². The van der Waals surface area contributed by atoms with Crippen LogP contribution in [-0.2, 0) is 0 Å². The van der Waals surface area contributed by atoms with Crippen molar-refractivity contribution in [2.24, 2.45) is 0 Å². The molecule has 4 rings (SSSR count). The number of halogens is 1. The van der Waals surface area contributed by atoms with E-state index in [0.29, 0.717) is 20.7 Å². The van der Waals surface area contributed by atoms with Crippen LogP contribution in [0.2, 0.25) is 5.02 Å². The second-order valence-electron chi connectivity index (χ2n) is 6.87. The molecule has 0 aliphatic heterocycles. The molecule has 146 valence electrons. The molecule has 0 radical (unpaired) electrons. The lowest BCUT2D eigenvalue weighted by molar-refractivity contribution is 0.0943. The van der Waals surface area contributed by atoms with Crippen LogP contribution in [0.5, 0.6) is 0 Å². The molecule has 0 bridgehead atoms. The topological polar surface area (TPSA) is 54.0 Å². The molecule has 0 fully saturated rings. The number of carbonyl (C=O) groups is 1. The molecule has 1 amide bonds. The smallest absolute Gasteiger partial charge is 0.263 e. The zero-order valence-corrected chi connectivity index (χ0v) is 17.6. The summed E-state index contributed by atoms with van der Waals surface area (Å²) in [7, 11) is 0. The van der Waals surface area contributed by atoms with Crippen LogP contribution in [0.3, 0.4) is 0 Å². The van der Waals surface area contributed by atoms with Crippen LogP contribution >= 0.6 is 22.9 Å². The van der Waals surface area contributed by atoms with Crippen molar-refractivity contribution in [1.82, 2.24) is 10.3 Å². The van der Waals surface area contributed by atoms with Crippen molar-refractivity contribution in [3.05, 3.63) is 87.9 Å². The zero-order chi connectivity index (χ0) is 20.4. The molecule has 4 aromatic rings. The highest BCUT2D eigenvalue weighted by molar-refractivity contribution is 7.17. The third-order valence-electron chi connectivity index (χ3n) is 4.72. The number of aryl methyl sites for hydroxylation is 1. The molecule has 0 aliphatic carbocycles. The highest BCUT2D eigenvalue weighted by Crippen LogP contribution is 2.27. The lowest BCUT2D eigenvalue weighted by atomic mass is 10.0. The third kappa shape index (κ3) is 4.42. The number of nitrogens with zero attached hydrogens (tertiary/aromatic N) is 1. The minimum absolute atomic E-state index is 0.110. The van der Waals surface area contributed by atoms with Gasteiger partial charge < -0.3 is 10.6 Å². The van der Waals surface area contributed by atoms with Crippen molar-refractivity contribution >= 4 is 50.4 Å². The molecule has 0 aliphatic rings. The fourth-order valence-electron chi connectivity index (χ4n) is 3.14. The monoisotopic (exact) mass is 421 g/mol. The van der Waals surface area contributed by atoms with E-state index < -0.39 is 0 Å². The summed E-state index contributed by atoms with van der Waals surface area (Å²) in [6, 6.07) is 21.7. The fraction of sp³-hybridized carbons (Fsp3) is 0.130. The number of amides is 1. The molecule has 0 spiro atoms. The van der Waals surface area contributed by atoms with Crippen LogP contribution in [0, 0.1) is 6.92 Å². The number of rotatable bonds is 5. The van der Waals surface area contributed by atoms with Gasteiger partial charge in [-0.3, -0.25) is 4.79 Å². The number of anilines is 2. The SMILES string of the molecule is Cc1nc(Nc2ccc(Cl)cc2)sc1C(=O)N[C@@H](C)c1ccc2ccccc2c1. The Morgan fingerprint density at radius 2 is 1.76 bits per heavy atom. The molecule has 3 aromatic carbocycles. The molecular formula is C23H20ClN3OS. The predicted octanol–water partition coefficient (Wildman–Crippen LogP) is 6.49. The number of carbonyl (C=O) groups excluding carboxylic acids is 1. The van der Waals surface area contributed by atoms with Crippen molar-refractivity contribution in [3.8, 4) is 0 Å². The van der Waals surface area contributed by atoms with E-state index in [1.807, 2.05) is 50.2 Å². The van der Waals surface area contributed by atoms with Gasteiger partial charge in [0.2, 0.25) is 0 Å². The van der Waals surface area contributed by atoms with Crippen molar-refractivity contribution in [2.45, 2.75) is 19.9 Å². The number of aromatic nitrogens is 1. The number of fused-ring (bicyclic) bond motifs is 1. The predicted molar refractivity (Wildman–Crippen MR) is 121 cm³/mol. The molecule has 0 saturated heterocycles. The van der Waals surface area contributed by atoms with Gasteiger partial charge in [-0.25, -0.2) is 4.98 Å². The first-order chi connectivity index (χ1) is 14.0. The molecule has 1 heterocycles. The maximum atomic E-state index is 12.8. The molecule has 4 nitrogen and oxygen atoms in total. The highest BCUT2D eigenvalue weighted by Gasteiger charge is 2.18. The number of hydrogen-bond donors (Lipinski definition) is 2. The quantitative estimate of drug-likeness (QED) is 0.387. The van der Waals surface area contributed by atoms with Gasteiger partial charge in [-0.1, -0.05) is 59.3 Å². The maximum absolute atomic E-state index is 12.8. The summed E-state index contributed by atoms with van der Waals surface area (Å²) in [4.78, 5) is 17.9. The Bertz CT molecular complexity index is 1170. The van der Waals surface area contributed by atoms with Crippen LogP contribution in [-0.4, -0.2) is 10.9 Å². The normalized spacial score (nSPS) is 12.0. The summed E-state index contributed by atoms with van der Waals surface area (Å²) >= 11 is 7.26. The molecule has 6 heteroatoms. The summed E-state index contributed by atoms with van der Waals surface area (Å²) in [5.41, 5.74) is 2.65. The Hall–Kier alpha value is -2.89. The summed E-state index contributed by atoms with van der Waals surface area (Å²) in [6.45, 7) is 3.84. The van der Waals surface area contributed by atoms with Crippen molar-refractivity contribution < 1.29 is 4.79 Å². The van der Waals surface area contributed by atoms with Crippen molar-refractivity contribution in [2.75, 3.05) is 5.32 Å². The molecule has 0 saturated carbocycles. The minimum atomic E-state index is -0.121. The van der Waals surface area contributed by atoms with Gasteiger partial charge in [-0.2, -0.15) is 0 Å². The zero-order valence-electron chi connectivity index (χ0n) is 16.1. The Morgan fingerprint density at radius 1 is 1.03 bits per heavy atom. The summed E-state index contributed by atoms with van der Waals surface area (Å²) in [5, 5.41) is 10.0. The lowest BCUT2D eigenvalue weighted by Crippen LogP contribution is -2.26. The van der Waals surface area contributed by atoms with E-state index in [0.717, 1.165) is 16.6 Å². The summed E-state index contributed by atoms with van der Waals surface area (Å²) < 4.78 is 0. The molecule has 0 unspecified atom stereocenters. The van der Waals surface area contributed by atoms with Gasteiger partial charge in [0, 0.05) is 10.7 Å². The Morgan fingerprint density at radius 3 is 2.52 bits per heavy atom. The fourth-order valence-corrected chi connectivity index (χ4v) is 4.16. The average Bonchev–Trinajstić information content (AvgIpc) is 3.09. The first-order valence-electron chi connectivity index (χ1n) is 9.29. The number of hydrogen-bond acceptors (Lipinski definition) is 4. The number of nitrogens with one attached hydrogen (secondary N) is 2. The first-order valence-corrected chi connectivity index (χ1v) is 10.5. The second kappa shape index (κ2) is 8.23. The first kappa shape index (κ1) is 19.4. The largest absolute Gasteiger partial charge is 0.345 e. The Balaban J connectivity index is 1.48. The van der Waals surface area contributed by atoms with Crippen LogP contribution < -0.4 is 10.6 Å². The average molecular weight is 422 g/mol. The van der Waals surface area contributed by atoms with Gasteiger partial charge >= 0.3 is 0 Å². The standard InChI is InChI=1S/C23H20ClN3OS/c1-14(17-8-7-16-5-3-4-6-18(16)13-17)25-22(28)21-15(2)26-23(29-21)27-20-11-9-19(24)10-12-20/h3-14H,1-2H3,(H,25,28)(H,26,27)/t14-/m0/s1. The van der Waals surface area contributed by atoms with E-state index in [1.54, 1.807) is 0 Å². The molecular weight excluding hydrogens is 402 g/mol. The van der Waals surface area contributed by atoms with Gasteiger partial charge in [0.25, 0.3) is 5.91 Å². The molecule has 1 atom stereocenters. The van der Waals surface area contributed by atoms with Crippen molar-refractivity contribution in [3.63, 3.8) is 0 Å². The van der Waals surface area contributed by atoms with Crippen LogP contribution in [0.1, 0.15) is 33.9 Å². The molecule has 1 aromatic heterocycles. The summed E-state index contributed by atoms with van der Waals surface area (Å²) in [6.07, 6.45) is 0. The van der Waals surface area contributed by atoms with Crippen LogP contribution in [0.25, 0.3) is 10.8 Å². The Kier molecular flexibility index (Phi) is 5.51. The summed E-state index contributed by atoms with van der Waals surface area (Å²) in [5.74, 6) is -0.121. The van der Waals surface area contributed by atoms with E-state index in [9.17, 15) is 4.79 Å². The lowest BCUT2D eigenvalue weighted by Gasteiger charge is -2.14. The second-order valence-corrected chi connectivity index (χ2v) is 8.30. The van der Waals surface area contributed by atoms with E-state index in [1.165, 1.54) is 16.7 Å².